The molecule has 0 heteroatoms. The summed E-state index contributed by atoms with van der Waals surface area (Å²) in [5, 5.41) is 0. The van der Waals surface area contributed by atoms with E-state index in [1.807, 2.05) is 11.1 Å². The topological polar surface area (TPSA) is 0 Å². The van der Waals surface area contributed by atoms with E-state index in [1.165, 1.54) is 237 Å². The third-order valence-electron chi connectivity index (χ3n) is 63.7. The second-order valence-corrected chi connectivity index (χ2v) is 67.0. The Balaban J connectivity index is 0.000000103. The van der Waals surface area contributed by atoms with E-state index in [1.54, 1.807) is 100 Å². The van der Waals surface area contributed by atoms with E-state index in [-0.39, 0.29) is 5.41 Å². The maximum Gasteiger partial charge on any atom is -0.00569 e. The van der Waals surface area contributed by atoms with Crippen molar-refractivity contribution >= 4 is 0 Å². The van der Waals surface area contributed by atoms with Gasteiger partial charge in [0.25, 0.3) is 0 Å². The fourth-order valence-corrected chi connectivity index (χ4v) is 52.8. The van der Waals surface area contributed by atoms with E-state index >= 15 is 0 Å². The Bertz CT molecular complexity index is 4900. The predicted octanol–water partition coefficient (Wildman–Crippen LogP) is 41.7. The molecule has 0 N–H and O–H groups in total. The second kappa shape index (κ2) is 31.9. The van der Waals surface area contributed by atoms with Crippen LogP contribution in [0.25, 0.3) is 0 Å². The van der Waals surface area contributed by atoms with Crippen LogP contribution >= 0.6 is 0 Å². The lowest BCUT2D eigenvalue weighted by Crippen LogP contribution is -2.57. The van der Waals surface area contributed by atoms with Crippen LogP contribution in [0.2, 0.25) is 0 Å². The van der Waals surface area contributed by atoms with Crippen molar-refractivity contribution < 1.29 is 0 Å². The Morgan fingerprint density at radius 2 is 0.590 bits per heavy atom. The van der Waals surface area contributed by atoms with Crippen LogP contribution in [0.15, 0.2) is 58.7 Å². The van der Waals surface area contributed by atoms with Crippen LogP contribution in [0, 0.1) is 253 Å². The average Bonchev–Trinajstić information content (AvgIpc) is 1.50. The standard InChI is InChI=1S/C31H52.C28H46.2C27H44.C26H42/c1-21(2)10-9-11-22(3)24-15-16-29(8)26-13-12-25-27(5,6)23(4)14-17-30(25)20-31(26,30)19-18-28(24,29)7;1-9-23(3,4)20-13-14-25(7)22-11-10-21-24(5,6)19(2)12-15-27(21)18-28(22,27)17-16-26(20,25)8;2*1-8-18(2)20-12-13-25(7)22-10-9-21-23(4,5)19(3)11-14-26(21)17-27(22,26)16-15-24(20,25)6;1-17(2)19-11-12-24(7)21-9-8-20-22(4,5)18(3)10-13-25(20)16-26(21,25)15-14-23(19,24)6/h21,23,25-26H,9-20H2,1-8H3;9,19-22H,1,10-18H2,2-8H3;19,21-22H,8-17H2,1-7H3;8,19-22H,9-17H2,1-7H3;18-21H,1,8-16H2,2-7H3/b24-22+;;20-18+;18-8+;/t23-,25?,26?,28+,29-,30+,31-;19-,20+,21-,22-,25-,26+,27+,28-;19-,21?,22?,24+,25-,26+,27-;19-,20+,21?,22?,24+,25-,26+,27-;18-,19+,20?,21?,23+,24-,25+,26-/m00000/s1. The highest BCUT2D eigenvalue weighted by molar-refractivity contribution is 5.42. The molecule has 784 valence electrons. The first-order valence-electron chi connectivity index (χ1n) is 62.9. The molecule has 25 fully saturated rings. The Labute approximate surface area is 863 Å². The molecule has 25 saturated carbocycles. The van der Waals surface area contributed by atoms with E-state index in [2.05, 4.69) is 268 Å². The lowest BCUT2D eigenvalue weighted by Gasteiger charge is -2.64. The fourth-order valence-electron chi connectivity index (χ4n) is 52.8. The van der Waals surface area contributed by atoms with Crippen molar-refractivity contribution in [3.05, 3.63) is 58.7 Å². The summed E-state index contributed by atoms with van der Waals surface area (Å²) < 4.78 is 0. The van der Waals surface area contributed by atoms with Gasteiger partial charge in [0.2, 0.25) is 0 Å². The monoisotopic (exact) mass is 1900 g/mol. The van der Waals surface area contributed by atoms with Crippen molar-refractivity contribution in [1.82, 2.24) is 0 Å². The molecule has 0 saturated heterocycles. The summed E-state index contributed by atoms with van der Waals surface area (Å²) in [4.78, 5) is 0. The van der Waals surface area contributed by atoms with Crippen LogP contribution in [0.1, 0.15) is 557 Å². The van der Waals surface area contributed by atoms with Crippen molar-refractivity contribution in [2.24, 2.45) is 253 Å². The molecule has 0 radical (unpaired) electrons. The highest BCUT2D eigenvalue weighted by Crippen LogP contribution is 2.97. The Morgan fingerprint density at radius 1 is 0.317 bits per heavy atom. The molecule has 25 aliphatic rings. The number of allylic oxidation sites excluding steroid dienone is 8. The van der Waals surface area contributed by atoms with Gasteiger partial charge < -0.3 is 0 Å². The first kappa shape index (κ1) is 103. The highest BCUT2D eigenvalue weighted by Gasteiger charge is 2.89. The summed E-state index contributed by atoms with van der Waals surface area (Å²) in [6.07, 6.45) is 78.2. The van der Waals surface area contributed by atoms with Gasteiger partial charge in [-0.3, -0.25) is 0 Å². The van der Waals surface area contributed by atoms with Crippen molar-refractivity contribution in [2.45, 2.75) is 557 Å². The Kier molecular flexibility index (Phi) is 23.8. The molecule has 25 rings (SSSR count). The number of rotatable bonds is 9. The summed E-state index contributed by atoms with van der Waals surface area (Å²) in [6.45, 7) is 99.0. The molecule has 25 aliphatic carbocycles. The molecule has 139 heavy (non-hydrogen) atoms. The first-order chi connectivity index (χ1) is 64.6. The van der Waals surface area contributed by atoms with Crippen LogP contribution in [-0.2, 0) is 0 Å². The van der Waals surface area contributed by atoms with Gasteiger partial charge in [-0.1, -0.05) is 266 Å². The van der Waals surface area contributed by atoms with Gasteiger partial charge in [-0.05, 0) is 596 Å². The Hall–Kier alpha value is -1.30. The zero-order valence-electron chi connectivity index (χ0n) is 99.2. The molecule has 0 amide bonds. The largest absolute Gasteiger partial charge is 0.103 e. The first-order valence-corrected chi connectivity index (χ1v) is 62.9. The van der Waals surface area contributed by atoms with Crippen LogP contribution < -0.4 is 0 Å². The van der Waals surface area contributed by atoms with E-state index in [9.17, 15) is 0 Å². The Morgan fingerprint density at radius 3 is 0.899 bits per heavy atom. The summed E-state index contributed by atoms with van der Waals surface area (Å²) in [5.74, 6) is 17.9. The van der Waals surface area contributed by atoms with E-state index in [0.717, 1.165) is 167 Å². The molecule has 38 atom stereocenters. The minimum Gasteiger partial charge on any atom is -0.103 e. The quantitative estimate of drug-likeness (QED) is 0.202. The third kappa shape index (κ3) is 12.6. The molecule has 0 aromatic carbocycles. The van der Waals surface area contributed by atoms with Crippen molar-refractivity contribution in [1.29, 1.82) is 0 Å². The minimum absolute atomic E-state index is 0.276. The van der Waals surface area contributed by atoms with Gasteiger partial charge in [-0.15, -0.1) is 6.58 Å². The number of hydrogen-bond donors (Lipinski definition) is 0. The summed E-state index contributed by atoms with van der Waals surface area (Å²) in [7, 11) is 0. The zero-order valence-corrected chi connectivity index (χ0v) is 99.2. The SMILES string of the molecule is C/C(CCCC(C)C)=C1/CC[C@@]2(C)C3CCC4C(C)(C)[C@@H](C)CC[C@@]45C[C@@]35CC[C@]12C.C/C=C(\C)[C@H]1CC[C@@]2(C)C3CCC4C(C)(C)[C@@H](C)CC[C@@]45C[C@@]35CC[C@]12C.C=C(C)[C@H]1CC[C@@]2(C)C3CCC4C(C)(C)[C@@H](C)CC[C@@]45C[C@@]35CC[C@]12C.C=CC(C)(C)[C@H]1CC[C@@]2(C)[C@@H]3CC[C@H]4C(C)(C)[C@@H](C)CC[C@@]45C[C@@]35CC[C@]12C.CC/C(C)=C1\CC[C@@]2(C)C3CCC4C(C)(C)[C@@H](C)CC[C@@]45C[C@@]35CC[C@]12C. The highest BCUT2D eigenvalue weighted by atomic mass is 14.9. The van der Waals surface area contributed by atoms with Gasteiger partial charge in [0.15, 0.2) is 0 Å². The fraction of sp³-hybridized carbons (Fsp3) is 0.928. The molecular weight excluding hydrogens is 1670 g/mol. The van der Waals surface area contributed by atoms with E-state index < -0.39 is 0 Å². The van der Waals surface area contributed by atoms with Gasteiger partial charge in [0.1, 0.15) is 0 Å². The van der Waals surface area contributed by atoms with Gasteiger partial charge in [0, 0.05) is 0 Å². The number of fused-ring (bicyclic) bond motifs is 10. The molecule has 0 aromatic rings. The summed E-state index contributed by atoms with van der Waals surface area (Å²) >= 11 is 0. The van der Waals surface area contributed by atoms with Gasteiger partial charge in [0.05, 0.1) is 0 Å². The molecule has 10 spiro atoms. The smallest absolute Gasteiger partial charge is 0.00569 e. The van der Waals surface area contributed by atoms with Gasteiger partial charge >= 0.3 is 0 Å². The molecular formula is C139H228. The summed E-state index contributed by atoms with van der Waals surface area (Å²) in [5.41, 5.74) is 26.2. The van der Waals surface area contributed by atoms with Crippen LogP contribution in [0.4, 0.5) is 0 Å². The maximum atomic E-state index is 4.43. The van der Waals surface area contributed by atoms with Crippen LogP contribution in [-0.4, -0.2) is 0 Å². The molecule has 0 heterocycles. The summed E-state index contributed by atoms with van der Waals surface area (Å²) in [6, 6.07) is 0. The average molecular weight is 1900 g/mol. The predicted molar refractivity (Wildman–Crippen MR) is 596 cm³/mol. The molecule has 8 unspecified atom stereocenters. The van der Waals surface area contributed by atoms with Gasteiger partial charge in [-0.2, -0.15) is 0 Å². The maximum absolute atomic E-state index is 4.43. The lowest BCUT2D eigenvalue weighted by atomic mass is 9.41. The molecule has 0 aromatic heterocycles. The third-order valence-corrected chi connectivity index (χ3v) is 63.7. The van der Waals surface area contributed by atoms with Gasteiger partial charge in [-0.25, -0.2) is 0 Å². The second-order valence-electron chi connectivity index (χ2n) is 67.0. The van der Waals surface area contributed by atoms with E-state index in [4.69, 9.17) is 0 Å². The van der Waals surface area contributed by atoms with Crippen molar-refractivity contribution in [3.63, 3.8) is 0 Å². The van der Waals surface area contributed by atoms with Crippen LogP contribution in [0.3, 0.4) is 0 Å². The minimum atomic E-state index is 0.276. The van der Waals surface area contributed by atoms with Crippen LogP contribution in [0.5, 0.6) is 0 Å². The zero-order chi connectivity index (χ0) is 100. The normalized spacial score (nSPS) is 56.6. The lowest BCUT2D eigenvalue weighted by molar-refractivity contribution is -0.152. The van der Waals surface area contributed by atoms with E-state index in [0.29, 0.717) is 81.2 Å². The van der Waals surface area contributed by atoms with Crippen molar-refractivity contribution in [3.8, 4) is 0 Å². The molecule has 0 bridgehead atoms. The molecule has 0 aliphatic heterocycles. The number of hydrogen-bond acceptors (Lipinski definition) is 0. The molecule has 0 nitrogen and oxygen atoms in total. The van der Waals surface area contributed by atoms with Crippen molar-refractivity contribution in [2.75, 3.05) is 0 Å².